The molecule has 1 fully saturated rings. The highest BCUT2D eigenvalue weighted by Crippen LogP contribution is 2.32. The molecule has 7 nitrogen and oxygen atoms in total. The number of phenolic OH excluding ortho intramolecular Hbond substituents is 1. The number of hydrogen-bond donors (Lipinski definition) is 2. The van der Waals surface area contributed by atoms with Crippen molar-refractivity contribution in [3.8, 4) is 5.75 Å². The van der Waals surface area contributed by atoms with Gasteiger partial charge in [0.05, 0.1) is 11.4 Å². The summed E-state index contributed by atoms with van der Waals surface area (Å²) >= 11 is 0. The van der Waals surface area contributed by atoms with E-state index in [0.717, 1.165) is 0 Å². The zero-order valence-electron chi connectivity index (χ0n) is 15.2. The third kappa shape index (κ3) is 3.41. The average Bonchev–Trinajstić information content (AvgIpc) is 3.01. The number of aromatic hydroxyl groups is 1. The molecule has 0 saturated carbocycles. The Morgan fingerprint density at radius 3 is 1.62 bits per heavy atom. The van der Waals surface area contributed by atoms with Gasteiger partial charge in [0.2, 0.25) is 5.91 Å². The molecule has 3 aromatic rings. The van der Waals surface area contributed by atoms with E-state index in [2.05, 4.69) is 5.32 Å². The second kappa shape index (κ2) is 7.47. The van der Waals surface area contributed by atoms with Crippen molar-refractivity contribution in [2.75, 3.05) is 15.3 Å². The van der Waals surface area contributed by atoms with Crippen LogP contribution in [0.3, 0.4) is 0 Å². The summed E-state index contributed by atoms with van der Waals surface area (Å²) in [6, 6.07) is 23.2. The Hall–Kier alpha value is -4.13. The standard InChI is InChI=1S/C22H17N3O4/c26-18-13-11-15(12-14-18)23-20(27)19-21(28)24(16-7-3-1-4-8-16)25(22(19)29)17-9-5-2-6-10-17/h1-14,19,26H,(H,23,27). The molecule has 1 aliphatic rings. The van der Waals surface area contributed by atoms with Gasteiger partial charge < -0.3 is 10.4 Å². The van der Waals surface area contributed by atoms with Crippen LogP contribution in [0.5, 0.6) is 5.75 Å². The molecular formula is C22H17N3O4. The molecule has 0 spiro atoms. The van der Waals surface area contributed by atoms with E-state index in [1.807, 2.05) is 0 Å². The molecule has 2 N–H and O–H groups in total. The molecule has 0 aromatic heterocycles. The molecule has 3 aromatic carbocycles. The lowest BCUT2D eigenvalue weighted by Gasteiger charge is -2.27. The minimum atomic E-state index is -1.52. The zero-order valence-corrected chi connectivity index (χ0v) is 15.2. The number of nitrogens with one attached hydrogen (secondary N) is 1. The first-order valence-corrected chi connectivity index (χ1v) is 8.94. The molecule has 1 saturated heterocycles. The van der Waals surface area contributed by atoms with Crippen LogP contribution in [0.25, 0.3) is 0 Å². The van der Waals surface area contributed by atoms with Gasteiger partial charge in [-0.3, -0.25) is 14.4 Å². The van der Waals surface area contributed by atoms with E-state index in [-0.39, 0.29) is 5.75 Å². The van der Waals surface area contributed by atoms with Gasteiger partial charge in [-0.15, -0.1) is 0 Å². The molecule has 4 rings (SSSR count). The Kier molecular flexibility index (Phi) is 4.70. The van der Waals surface area contributed by atoms with E-state index >= 15 is 0 Å². The largest absolute Gasteiger partial charge is 0.508 e. The monoisotopic (exact) mass is 387 g/mol. The van der Waals surface area contributed by atoms with Crippen LogP contribution in [-0.4, -0.2) is 22.8 Å². The van der Waals surface area contributed by atoms with E-state index in [4.69, 9.17) is 0 Å². The predicted molar refractivity (Wildman–Crippen MR) is 108 cm³/mol. The Labute approximate surface area is 166 Å². The fourth-order valence-electron chi connectivity index (χ4n) is 3.15. The number of para-hydroxylation sites is 2. The van der Waals surface area contributed by atoms with Gasteiger partial charge in [0, 0.05) is 5.69 Å². The zero-order chi connectivity index (χ0) is 20.4. The van der Waals surface area contributed by atoms with Gasteiger partial charge in [-0.25, -0.2) is 10.0 Å². The van der Waals surface area contributed by atoms with Gasteiger partial charge in [0.1, 0.15) is 5.75 Å². The molecule has 29 heavy (non-hydrogen) atoms. The minimum absolute atomic E-state index is 0.0431. The Bertz CT molecular complexity index is 995. The van der Waals surface area contributed by atoms with Crippen molar-refractivity contribution < 1.29 is 19.5 Å². The highest BCUT2D eigenvalue weighted by molar-refractivity contribution is 6.33. The average molecular weight is 387 g/mol. The number of benzene rings is 3. The molecule has 0 aliphatic carbocycles. The molecular weight excluding hydrogens is 370 g/mol. The summed E-state index contributed by atoms with van der Waals surface area (Å²) in [6.07, 6.45) is 0. The van der Waals surface area contributed by atoms with Gasteiger partial charge >= 0.3 is 0 Å². The van der Waals surface area contributed by atoms with E-state index in [9.17, 15) is 19.5 Å². The Morgan fingerprint density at radius 2 is 1.17 bits per heavy atom. The summed E-state index contributed by atoms with van der Waals surface area (Å²) in [7, 11) is 0. The highest BCUT2D eigenvalue weighted by atomic mass is 16.3. The summed E-state index contributed by atoms with van der Waals surface area (Å²) in [5.41, 5.74) is 1.34. The summed E-state index contributed by atoms with van der Waals surface area (Å²) in [4.78, 5) is 39.1. The smallest absolute Gasteiger partial charge is 0.268 e. The van der Waals surface area contributed by atoms with Crippen LogP contribution < -0.4 is 15.3 Å². The molecule has 1 heterocycles. The Morgan fingerprint density at radius 1 is 0.724 bits per heavy atom. The van der Waals surface area contributed by atoms with Crippen LogP contribution in [0, 0.1) is 5.92 Å². The van der Waals surface area contributed by atoms with Gasteiger partial charge in [0.25, 0.3) is 11.8 Å². The number of rotatable bonds is 4. The number of carbonyl (C=O) groups excluding carboxylic acids is 3. The maximum atomic E-state index is 13.1. The van der Waals surface area contributed by atoms with Crippen molar-refractivity contribution in [2.24, 2.45) is 5.92 Å². The summed E-state index contributed by atoms with van der Waals surface area (Å²) < 4.78 is 0. The summed E-state index contributed by atoms with van der Waals surface area (Å²) in [6.45, 7) is 0. The third-order valence-electron chi connectivity index (χ3n) is 4.51. The quantitative estimate of drug-likeness (QED) is 0.532. The van der Waals surface area contributed by atoms with Crippen molar-refractivity contribution in [1.82, 2.24) is 0 Å². The van der Waals surface area contributed by atoms with Crippen LogP contribution in [0.4, 0.5) is 17.1 Å². The van der Waals surface area contributed by atoms with Crippen LogP contribution in [-0.2, 0) is 14.4 Å². The number of amides is 3. The van der Waals surface area contributed by atoms with Gasteiger partial charge in [-0.1, -0.05) is 36.4 Å². The van der Waals surface area contributed by atoms with Crippen LogP contribution >= 0.6 is 0 Å². The van der Waals surface area contributed by atoms with Gasteiger partial charge in [0.15, 0.2) is 5.92 Å². The predicted octanol–water partition coefficient (Wildman–Crippen LogP) is 2.94. The van der Waals surface area contributed by atoms with Gasteiger partial charge in [-0.05, 0) is 48.5 Å². The fourth-order valence-corrected chi connectivity index (χ4v) is 3.15. The molecule has 144 valence electrons. The molecule has 1 aliphatic heterocycles. The normalized spacial score (nSPS) is 14.3. The van der Waals surface area contributed by atoms with Crippen molar-refractivity contribution in [3.05, 3.63) is 84.9 Å². The number of phenols is 1. The van der Waals surface area contributed by atoms with E-state index < -0.39 is 23.6 Å². The Balaban J connectivity index is 1.70. The second-order valence-corrected chi connectivity index (χ2v) is 6.44. The lowest BCUT2D eigenvalue weighted by atomic mass is 10.1. The van der Waals surface area contributed by atoms with E-state index in [1.165, 1.54) is 34.3 Å². The second-order valence-electron chi connectivity index (χ2n) is 6.44. The van der Waals surface area contributed by atoms with Crippen molar-refractivity contribution in [1.29, 1.82) is 0 Å². The van der Waals surface area contributed by atoms with Crippen molar-refractivity contribution in [2.45, 2.75) is 0 Å². The molecule has 0 atom stereocenters. The number of nitrogens with zero attached hydrogens (tertiary/aromatic N) is 2. The molecule has 0 unspecified atom stereocenters. The van der Waals surface area contributed by atoms with Crippen molar-refractivity contribution in [3.63, 3.8) is 0 Å². The van der Waals surface area contributed by atoms with Crippen molar-refractivity contribution >= 4 is 34.8 Å². The number of anilines is 3. The summed E-state index contributed by atoms with van der Waals surface area (Å²) in [5, 5.41) is 14.4. The third-order valence-corrected chi connectivity index (χ3v) is 4.51. The molecule has 3 amide bonds. The van der Waals surface area contributed by atoms with Crippen LogP contribution in [0.2, 0.25) is 0 Å². The maximum Gasteiger partial charge on any atom is 0.268 e. The first-order chi connectivity index (χ1) is 14.1. The van der Waals surface area contributed by atoms with E-state index in [1.54, 1.807) is 60.7 Å². The molecule has 0 bridgehead atoms. The van der Waals surface area contributed by atoms with Gasteiger partial charge in [-0.2, -0.15) is 0 Å². The first-order valence-electron chi connectivity index (χ1n) is 8.94. The molecule has 0 radical (unpaired) electrons. The number of hydrazine groups is 1. The number of carbonyl (C=O) groups is 3. The fraction of sp³-hybridized carbons (Fsp3) is 0.0455. The van der Waals surface area contributed by atoms with Crippen LogP contribution in [0.1, 0.15) is 0 Å². The first kappa shape index (κ1) is 18.2. The maximum absolute atomic E-state index is 13.1. The SMILES string of the molecule is O=C(Nc1ccc(O)cc1)C1C(=O)N(c2ccccc2)N(c2ccccc2)C1=O. The minimum Gasteiger partial charge on any atom is -0.508 e. The molecule has 7 heteroatoms. The number of hydrogen-bond acceptors (Lipinski definition) is 4. The lowest BCUT2D eigenvalue weighted by Crippen LogP contribution is -2.41. The van der Waals surface area contributed by atoms with E-state index in [0.29, 0.717) is 17.1 Å². The summed E-state index contributed by atoms with van der Waals surface area (Å²) in [5.74, 6) is -3.49. The lowest BCUT2D eigenvalue weighted by molar-refractivity contribution is -0.134. The van der Waals surface area contributed by atoms with Crippen LogP contribution in [0.15, 0.2) is 84.9 Å². The highest BCUT2D eigenvalue weighted by Gasteiger charge is 2.51. The topological polar surface area (TPSA) is 89.9 Å².